The van der Waals surface area contributed by atoms with Crippen molar-refractivity contribution in [3.05, 3.63) is 43.6 Å². The van der Waals surface area contributed by atoms with Gasteiger partial charge in [-0.05, 0) is 43.5 Å². The van der Waals surface area contributed by atoms with E-state index in [0.717, 1.165) is 39.6 Å². The number of benzene rings is 1. The Bertz CT molecular complexity index is 610. The lowest BCUT2D eigenvalue weighted by atomic mass is 10.1. The molecule has 1 heterocycles. The number of aryl methyl sites for hydroxylation is 2. The largest absolute Gasteiger partial charge is 0.216 e. The van der Waals surface area contributed by atoms with E-state index in [-0.39, 0.29) is 0 Å². The Morgan fingerprint density at radius 3 is 2.00 bits per heavy atom. The first-order chi connectivity index (χ1) is 9.43. The van der Waals surface area contributed by atoms with E-state index in [1.807, 2.05) is 26.0 Å². The van der Waals surface area contributed by atoms with Crippen LogP contribution in [0.4, 0.5) is 0 Å². The Balaban J connectivity index is 2.54. The lowest BCUT2D eigenvalue weighted by Crippen LogP contribution is -1.98. The Morgan fingerprint density at radius 2 is 1.55 bits per heavy atom. The highest BCUT2D eigenvalue weighted by Gasteiger charge is 2.13. The fourth-order valence-corrected chi connectivity index (χ4v) is 2.90. The minimum Gasteiger partial charge on any atom is -0.216 e. The van der Waals surface area contributed by atoms with Gasteiger partial charge in [-0.15, -0.1) is 0 Å². The van der Waals surface area contributed by atoms with E-state index in [0.29, 0.717) is 16.1 Å². The number of hydrogen-bond acceptors (Lipinski definition) is 2. The van der Waals surface area contributed by atoms with Crippen molar-refractivity contribution in [1.29, 1.82) is 0 Å². The van der Waals surface area contributed by atoms with Crippen LogP contribution in [0.2, 0.25) is 10.3 Å². The molecule has 0 saturated heterocycles. The summed E-state index contributed by atoms with van der Waals surface area (Å²) in [7, 11) is 0. The molecule has 2 nitrogen and oxygen atoms in total. The van der Waals surface area contributed by atoms with Crippen LogP contribution in [0.3, 0.4) is 0 Å². The van der Waals surface area contributed by atoms with Crippen LogP contribution in [0.5, 0.6) is 0 Å². The molecule has 0 N–H and O–H groups in total. The third-order valence-electron chi connectivity index (χ3n) is 3.10. The molecule has 0 unspecified atom stereocenters. The minimum absolute atomic E-state index is 0.445. The van der Waals surface area contributed by atoms with Crippen LogP contribution in [0.1, 0.15) is 30.0 Å². The number of nitrogens with zero attached hydrogens (tertiary/aromatic N) is 2. The summed E-state index contributed by atoms with van der Waals surface area (Å²) in [5, 5.41) is 0.889. The van der Waals surface area contributed by atoms with E-state index >= 15 is 0 Å². The molecule has 0 bridgehead atoms. The van der Waals surface area contributed by atoms with Crippen molar-refractivity contribution in [2.24, 2.45) is 0 Å². The summed E-state index contributed by atoms with van der Waals surface area (Å²) in [5.41, 5.74) is 4.02. The first-order valence-electron chi connectivity index (χ1n) is 6.43. The van der Waals surface area contributed by atoms with Crippen LogP contribution in [0.15, 0.2) is 16.6 Å². The van der Waals surface area contributed by atoms with Crippen molar-refractivity contribution in [1.82, 2.24) is 9.97 Å². The summed E-state index contributed by atoms with van der Waals surface area (Å²) in [6.45, 7) is 6.15. The van der Waals surface area contributed by atoms with Gasteiger partial charge in [-0.3, -0.25) is 0 Å². The van der Waals surface area contributed by atoms with Gasteiger partial charge >= 0.3 is 0 Å². The first-order valence-corrected chi connectivity index (χ1v) is 7.98. The van der Waals surface area contributed by atoms with Gasteiger partial charge in [0.05, 0.1) is 0 Å². The second-order valence-electron chi connectivity index (χ2n) is 4.78. The van der Waals surface area contributed by atoms with Crippen molar-refractivity contribution >= 4 is 39.1 Å². The third-order valence-corrected chi connectivity index (χ3v) is 4.98. The van der Waals surface area contributed by atoms with Crippen LogP contribution in [-0.4, -0.2) is 9.97 Å². The summed E-state index contributed by atoms with van der Waals surface area (Å²) >= 11 is 16.0. The molecule has 0 radical (unpaired) electrons. The van der Waals surface area contributed by atoms with Gasteiger partial charge in [-0.25, -0.2) is 9.97 Å². The molecule has 0 aliphatic carbocycles. The van der Waals surface area contributed by atoms with Crippen molar-refractivity contribution in [3.8, 4) is 11.4 Å². The van der Waals surface area contributed by atoms with Gasteiger partial charge in [0.1, 0.15) is 10.3 Å². The average Bonchev–Trinajstić information content (AvgIpc) is 2.39. The molecule has 0 aliphatic rings. The van der Waals surface area contributed by atoms with Gasteiger partial charge in [-0.2, -0.15) is 0 Å². The molecule has 2 rings (SSSR count). The molecule has 0 fully saturated rings. The fourth-order valence-electron chi connectivity index (χ4n) is 2.09. The molecule has 5 heteroatoms. The zero-order chi connectivity index (χ0) is 14.9. The third kappa shape index (κ3) is 3.16. The highest BCUT2D eigenvalue weighted by Crippen LogP contribution is 2.30. The highest BCUT2D eigenvalue weighted by molar-refractivity contribution is 9.10. The lowest BCUT2D eigenvalue weighted by molar-refractivity contribution is 0.903. The standard InChI is InChI=1S/C15H15BrCl2N2/c1-4-5-11-13(17)19-15(20-14(11)18)10-6-8(2)12(16)9(3)7-10/h6-7H,4-5H2,1-3H3. The molecule has 106 valence electrons. The second-order valence-corrected chi connectivity index (χ2v) is 6.29. The topological polar surface area (TPSA) is 25.8 Å². The van der Waals surface area contributed by atoms with E-state index in [4.69, 9.17) is 23.2 Å². The molecule has 1 aromatic heterocycles. The van der Waals surface area contributed by atoms with Gasteiger partial charge in [0.15, 0.2) is 5.82 Å². The van der Waals surface area contributed by atoms with Gasteiger partial charge in [0, 0.05) is 15.6 Å². The monoisotopic (exact) mass is 372 g/mol. The second kappa shape index (κ2) is 6.42. The van der Waals surface area contributed by atoms with E-state index < -0.39 is 0 Å². The Kier molecular flexibility index (Phi) is 5.05. The molecular formula is C15H15BrCl2N2. The number of hydrogen-bond donors (Lipinski definition) is 0. The Morgan fingerprint density at radius 1 is 1.05 bits per heavy atom. The molecule has 20 heavy (non-hydrogen) atoms. The van der Waals surface area contributed by atoms with Crippen LogP contribution in [-0.2, 0) is 6.42 Å². The van der Waals surface area contributed by atoms with Gasteiger partial charge in [0.25, 0.3) is 0 Å². The average molecular weight is 374 g/mol. The van der Waals surface area contributed by atoms with Crippen molar-refractivity contribution in [3.63, 3.8) is 0 Å². The van der Waals surface area contributed by atoms with Gasteiger partial charge in [0.2, 0.25) is 0 Å². The van der Waals surface area contributed by atoms with E-state index in [9.17, 15) is 0 Å². The van der Waals surface area contributed by atoms with Gasteiger partial charge < -0.3 is 0 Å². The highest BCUT2D eigenvalue weighted by atomic mass is 79.9. The Hall–Kier alpha value is -0.640. The maximum absolute atomic E-state index is 6.23. The number of halogens is 3. The quantitative estimate of drug-likeness (QED) is 0.637. The summed E-state index contributed by atoms with van der Waals surface area (Å²) in [6, 6.07) is 4.05. The van der Waals surface area contributed by atoms with E-state index in [1.54, 1.807) is 0 Å². The summed E-state index contributed by atoms with van der Waals surface area (Å²) in [6.07, 6.45) is 1.75. The molecule has 0 spiro atoms. The van der Waals surface area contributed by atoms with Crippen LogP contribution in [0, 0.1) is 13.8 Å². The van der Waals surface area contributed by atoms with Crippen molar-refractivity contribution < 1.29 is 0 Å². The summed E-state index contributed by atoms with van der Waals surface area (Å²) in [4.78, 5) is 8.78. The minimum atomic E-state index is 0.445. The van der Waals surface area contributed by atoms with E-state index in [1.165, 1.54) is 0 Å². The zero-order valence-corrected chi connectivity index (χ0v) is 14.7. The van der Waals surface area contributed by atoms with E-state index in [2.05, 4.69) is 32.8 Å². The smallest absolute Gasteiger partial charge is 0.162 e. The summed E-state index contributed by atoms with van der Waals surface area (Å²) < 4.78 is 1.10. The van der Waals surface area contributed by atoms with Crippen LogP contribution in [0.25, 0.3) is 11.4 Å². The van der Waals surface area contributed by atoms with Gasteiger partial charge in [-0.1, -0.05) is 52.5 Å². The Labute approximate surface area is 137 Å². The number of rotatable bonds is 3. The molecule has 0 atom stereocenters. The molecule has 0 aliphatic heterocycles. The molecular weight excluding hydrogens is 359 g/mol. The van der Waals surface area contributed by atoms with Crippen LogP contribution < -0.4 is 0 Å². The predicted octanol–water partition coefficient (Wildman–Crippen LogP) is 5.78. The molecule has 1 aromatic carbocycles. The predicted molar refractivity (Wildman–Crippen MR) is 88.7 cm³/mol. The lowest BCUT2D eigenvalue weighted by Gasteiger charge is -2.10. The molecule has 0 saturated carbocycles. The number of aromatic nitrogens is 2. The van der Waals surface area contributed by atoms with Crippen molar-refractivity contribution in [2.75, 3.05) is 0 Å². The molecule has 0 amide bonds. The van der Waals surface area contributed by atoms with Crippen LogP contribution >= 0.6 is 39.1 Å². The normalized spacial score (nSPS) is 10.9. The fraction of sp³-hybridized carbons (Fsp3) is 0.333. The molecule has 2 aromatic rings. The maximum Gasteiger partial charge on any atom is 0.162 e. The van der Waals surface area contributed by atoms with Crippen molar-refractivity contribution in [2.45, 2.75) is 33.6 Å². The first kappa shape index (κ1) is 15.7. The zero-order valence-electron chi connectivity index (χ0n) is 11.6. The SMILES string of the molecule is CCCc1c(Cl)nc(-c2cc(C)c(Br)c(C)c2)nc1Cl. The maximum atomic E-state index is 6.23. The summed E-state index contributed by atoms with van der Waals surface area (Å²) in [5.74, 6) is 0.568.